The Morgan fingerprint density at radius 2 is 2.10 bits per heavy atom. The summed E-state index contributed by atoms with van der Waals surface area (Å²) in [5.74, 6) is 0.249. The van der Waals surface area contributed by atoms with E-state index in [4.69, 9.17) is 11.0 Å². The number of hydrogen-bond donors (Lipinski definition) is 1. The fourth-order valence-electron chi connectivity index (χ4n) is 2.89. The van der Waals surface area contributed by atoms with Crippen LogP contribution in [-0.2, 0) is 19.4 Å². The molecule has 0 amide bonds. The summed E-state index contributed by atoms with van der Waals surface area (Å²) >= 11 is 0. The second kappa shape index (κ2) is 5.41. The number of aromatic nitrogens is 2. The molecule has 1 aliphatic carbocycles. The number of aldehydes is 1. The van der Waals surface area contributed by atoms with E-state index in [1.807, 2.05) is 12.1 Å². The van der Waals surface area contributed by atoms with Crippen LogP contribution in [0.5, 0.6) is 0 Å². The molecule has 0 bridgehead atoms. The Morgan fingerprint density at radius 3 is 2.81 bits per heavy atom. The summed E-state index contributed by atoms with van der Waals surface area (Å²) in [4.78, 5) is 11.3. The van der Waals surface area contributed by atoms with E-state index in [9.17, 15) is 4.79 Å². The van der Waals surface area contributed by atoms with Gasteiger partial charge in [0.05, 0.1) is 11.6 Å². The molecule has 21 heavy (non-hydrogen) atoms. The summed E-state index contributed by atoms with van der Waals surface area (Å²) in [7, 11) is 0. The average Bonchev–Trinajstić information content (AvgIpc) is 2.83. The summed E-state index contributed by atoms with van der Waals surface area (Å²) < 4.78 is 1.37. The van der Waals surface area contributed by atoms with Gasteiger partial charge in [0.2, 0.25) is 0 Å². The van der Waals surface area contributed by atoms with Gasteiger partial charge in [0.1, 0.15) is 18.1 Å². The molecule has 0 unspecified atom stereocenters. The number of aryl methyl sites for hydroxylation is 2. The summed E-state index contributed by atoms with van der Waals surface area (Å²) in [6.07, 6.45) is 5.32. The molecule has 5 heteroatoms. The molecule has 0 atom stereocenters. The number of nitriles is 1. The Hall–Kier alpha value is -2.61. The Morgan fingerprint density at radius 1 is 1.33 bits per heavy atom. The molecule has 2 aromatic rings. The molecule has 106 valence electrons. The Labute approximate surface area is 123 Å². The van der Waals surface area contributed by atoms with E-state index < -0.39 is 0 Å². The molecule has 1 aromatic carbocycles. The van der Waals surface area contributed by atoms with Gasteiger partial charge < -0.3 is 5.73 Å². The van der Waals surface area contributed by atoms with Crippen molar-refractivity contribution in [2.45, 2.75) is 32.2 Å². The van der Waals surface area contributed by atoms with Gasteiger partial charge in [-0.05, 0) is 42.9 Å². The Kier molecular flexibility index (Phi) is 3.44. The van der Waals surface area contributed by atoms with Crippen LogP contribution in [0.25, 0.3) is 11.3 Å². The van der Waals surface area contributed by atoms with Crippen LogP contribution in [0.15, 0.2) is 18.2 Å². The maximum absolute atomic E-state index is 11.3. The number of nitrogens with two attached hydrogens (primary N) is 1. The number of carbonyl (C=O) groups is 1. The van der Waals surface area contributed by atoms with Gasteiger partial charge >= 0.3 is 0 Å². The fraction of sp³-hybridized carbons (Fsp3) is 0.312. The monoisotopic (exact) mass is 280 g/mol. The van der Waals surface area contributed by atoms with Crippen LogP contribution in [0.1, 0.15) is 34.3 Å². The zero-order valence-electron chi connectivity index (χ0n) is 11.7. The minimum atomic E-state index is 0.0393. The van der Waals surface area contributed by atoms with Crippen molar-refractivity contribution in [2.75, 3.05) is 5.73 Å². The highest BCUT2D eigenvalue weighted by molar-refractivity contribution is 5.91. The van der Waals surface area contributed by atoms with E-state index >= 15 is 0 Å². The van der Waals surface area contributed by atoms with Crippen molar-refractivity contribution in [3.05, 3.63) is 34.9 Å². The van der Waals surface area contributed by atoms with Gasteiger partial charge in [0.15, 0.2) is 6.29 Å². The van der Waals surface area contributed by atoms with Gasteiger partial charge in [0.25, 0.3) is 0 Å². The average molecular weight is 280 g/mol. The van der Waals surface area contributed by atoms with Crippen LogP contribution in [0.4, 0.5) is 5.82 Å². The number of rotatable bonds is 3. The molecule has 1 heterocycles. The van der Waals surface area contributed by atoms with E-state index in [1.54, 1.807) is 0 Å². The number of carbonyl (C=O) groups excluding carboxylic acids is 1. The van der Waals surface area contributed by atoms with Gasteiger partial charge in [-0.15, -0.1) is 0 Å². The molecular weight excluding hydrogens is 264 g/mol. The Bertz CT molecular complexity index is 739. The van der Waals surface area contributed by atoms with Crippen LogP contribution in [0.3, 0.4) is 0 Å². The molecule has 0 fully saturated rings. The van der Waals surface area contributed by atoms with Crippen molar-refractivity contribution < 1.29 is 4.79 Å². The lowest BCUT2D eigenvalue weighted by molar-refractivity contribution is 0.112. The molecule has 0 aliphatic heterocycles. The molecule has 1 aliphatic rings. The lowest BCUT2D eigenvalue weighted by Crippen LogP contribution is -2.04. The quantitative estimate of drug-likeness (QED) is 0.874. The number of nitrogens with zero attached hydrogens (tertiary/aromatic N) is 3. The third-order valence-corrected chi connectivity index (χ3v) is 3.99. The minimum Gasteiger partial charge on any atom is -0.383 e. The lowest BCUT2D eigenvalue weighted by atomic mass is 9.89. The maximum atomic E-state index is 11.3. The predicted molar refractivity (Wildman–Crippen MR) is 79.7 cm³/mol. The molecule has 3 rings (SSSR count). The third kappa shape index (κ3) is 2.29. The predicted octanol–water partition coefficient (Wildman–Crippen LogP) is 2.35. The molecule has 0 spiro atoms. The number of benzene rings is 1. The van der Waals surface area contributed by atoms with Crippen LogP contribution in [0.2, 0.25) is 0 Å². The molecule has 0 saturated heterocycles. The fourth-order valence-corrected chi connectivity index (χ4v) is 2.89. The van der Waals surface area contributed by atoms with Crippen molar-refractivity contribution in [1.82, 2.24) is 9.78 Å². The molecule has 0 radical (unpaired) electrons. The zero-order chi connectivity index (χ0) is 14.8. The maximum Gasteiger partial charge on any atom is 0.156 e. The lowest BCUT2D eigenvalue weighted by Gasteiger charge is -2.16. The highest BCUT2D eigenvalue weighted by Crippen LogP contribution is 2.30. The van der Waals surface area contributed by atoms with Gasteiger partial charge in [-0.2, -0.15) is 10.4 Å². The molecule has 5 nitrogen and oxygen atoms in total. The topological polar surface area (TPSA) is 84.7 Å². The zero-order valence-corrected chi connectivity index (χ0v) is 11.7. The second-order valence-corrected chi connectivity index (χ2v) is 5.27. The second-order valence-electron chi connectivity index (χ2n) is 5.27. The first kappa shape index (κ1) is 13.4. The van der Waals surface area contributed by atoms with Crippen molar-refractivity contribution >= 4 is 12.1 Å². The van der Waals surface area contributed by atoms with Crippen molar-refractivity contribution in [1.29, 1.82) is 5.26 Å². The highest BCUT2D eigenvalue weighted by Gasteiger charge is 2.18. The number of anilines is 1. The smallest absolute Gasteiger partial charge is 0.156 e. The van der Waals surface area contributed by atoms with Gasteiger partial charge in [-0.1, -0.05) is 12.1 Å². The summed E-state index contributed by atoms with van der Waals surface area (Å²) in [5, 5.41) is 13.1. The molecule has 0 saturated carbocycles. The van der Waals surface area contributed by atoms with Crippen LogP contribution in [-0.4, -0.2) is 16.1 Å². The third-order valence-electron chi connectivity index (χ3n) is 3.99. The van der Waals surface area contributed by atoms with Crippen molar-refractivity contribution in [3.8, 4) is 17.3 Å². The van der Waals surface area contributed by atoms with E-state index in [-0.39, 0.29) is 12.4 Å². The number of fused-ring (bicyclic) bond motifs is 1. The Balaban J connectivity index is 2.10. The van der Waals surface area contributed by atoms with E-state index in [0.29, 0.717) is 17.5 Å². The molecule has 1 aromatic heterocycles. The van der Waals surface area contributed by atoms with Gasteiger partial charge in [-0.3, -0.25) is 4.79 Å². The van der Waals surface area contributed by atoms with E-state index in [1.165, 1.54) is 28.7 Å². The minimum absolute atomic E-state index is 0.0393. The molecular formula is C16H16N4O. The van der Waals surface area contributed by atoms with Crippen LogP contribution in [0, 0.1) is 11.3 Å². The van der Waals surface area contributed by atoms with E-state index in [2.05, 4.69) is 17.2 Å². The van der Waals surface area contributed by atoms with Crippen molar-refractivity contribution in [2.24, 2.45) is 0 Å². The normalized spacial score (nSPS) is 13.5. The first-order valence-corrected chi connectivity index (χ1v) is 7.05. The van der Waals surface area contributed by atoms with Gasteiger partial charge in [-0.25, -0.2) is 4.68 Å². The summed E-state index contributed by atoms with van der Waals surface area (Å²) in [6.45, 7) is 0.0393. The standard InChI is InChI=1S/C16H16N4O/c17-7-8-20-16(18)14(10-21)15(19-20)13-6-5-11-3-1-2-4-12(11)9-13/h5-6,9-10H,1-4,8,18H2. The van der Waals surface area contributed by atoms with Crippen LogP contribution < -0.4 is 5.73 Å². The number of nitrogen functional groups attached to an aromatic ring is 1. The van der Waals surface area contributed by atoms with E-state index in [0.717, 1.165) is 18.4 Å². The number of hydrogen-bond acceptors (Lipinski definition) is 4. The summed E-state index contributed by atoms with van der Waals surface area (Å²) in [6, 6.07) is 8.18. The van der Waals surface area contributed by atoms with Gasteiger partial charge in [0, 0.05) is 5.56 Å². The first-order valence-electron chi connectivity index (χ1n) is 7.05. The summed E-state index contributed by atoms with van der Waals surface area (Å²) in [5.41, 5.74) is 10.4. The SMILES string of the molecule is N#CCn1nc(-c2ccc3c(c2)CCCC3)c(C=O)c1N. The van der Waals surface area contributed by atoms with Crippen molar-refractivity contribution in [3.63, 3.8) is 0 Å². The van der Waals surface area contributed by atoms with Crippen LogP contribution >= 0.6 is 0 Å². The molecule has 2 N–H and O–H groups in total. The highest BCUT2D eigenvalue weighted by atomic mass is 16.1. The first-order chi connectivity index (χ1) is 10.2. The largest absolute Gasteiger partial charge is 0.383 e.